The van der Waals surface area contributed by atoms with Gasteiger partial charge in [0.15, 0.2) is 16.9 Å². The molecule has 316 valence electrons. The number of amides is 1. The fourth-order valence-corrected chi connectivity index (χ4v) is 13.4. The van der Waals surface area contributed by atoms with Gasteiger partial charge < -0.3 is 23.8 Å². The van der Waals surface area contributed by atoms with Crippen LogP contribution < -0.4 is 9.47 Å². The monoisotopic (exact) mass is 842 g/mol. The second-order valence-electron chi connectivity index (χ2n) is 19.5. The van der Waals surface area contributed by atoms with E-state index in [1.165, 1.54) is 33.2 Å². The molecule has 1 amide bonds. The number of hydrogen-bond donors (Lipinski definition) is 0. The number of halogens is 3. The SMILES string of the molecule is COc1cc2c(cc1OC(=O)N1CCC(N3CCCC3)CC1)C[C@@H](CCC(C)(C)CC(C)(C)[S+]([O-])CCCC(F)(P)C(F)(F)P)[C@@H]1[C@@H]2CC[C@]2(C)C(=O)CC[C@@H]12. The van der Waals surface area contributed by atoms with Crippen LogP contribution in [0.2, 0.25) is 0 Å². The number of rotatable bonds is 14. The first-order valence-electron chi connectivity index (χ1n) is 21.1. The maximum Gasteiger partial charge on any atom is 0.415 e. The Morgan fingerprint density at radius 2 is 1.68 bits per heavy atom. The fourth-order valence-electron chi connectivity index (χ4n) is 11.6. The smallest absolute Gasteiger partial charge is 0.415 e. The molecule has 2 heterocycles. The molecule has 13 heteroatoms. The summed E-state index contributed by atoms with van der Waals surface area (Å²) in [4.78, 5) is 31.3. The molecule has 0 bridgehead atoms. The Labute approximate surface area is 341 Å². The van der Waals surface area contributed by atoms with Gasteiger partial charge in [0.25, 0.3) is 5.66 Å². The molecule has 2 saturated heterocycles. The highest BCUT2D eigenvalue weighted by Gasteiger charge is 2.57. The summed E-state index contributed by atoms with van der Waals surface area (Å²) < 4.78 is 66.9. The Kier molecular flexibility index (Phi) is 13.6. The molecule has 3 aliphatic carbocycles. The number of piperidine rings is 1. The number of carbonyl (C=O) groups is 2. The first-order chi connectivity index (χ1) is 26.2. The zero-order chi connectivity index (χ0) is 40.8. The molecule has 6 rings (SSSR count). The van der Waals surface area contributed by atoms with E-state index in [9.17, 15) is 27.3 Å². The number of likely N-dealkylation sites (tertiary alicyclic amines) is 2. The molecule has 56 heavy (non-hydrogen) atoms. The van der Waals surface area contributed by atoms with E-state index in [-0.39, 0.29) is 35.0 Å². The number of benzene rings is 1. The van der Waals surface area contributed by atoms with E-state index in [2.05, 4.69) is 31.7 Å². The Bertz CT molecular complexity index is 1580. The summed E-state index contributed by atoms with van der Waals surface area (Å²) in [5.41, 5.74) is -1.61. The lowest BCUT2D eigenvalue weighted by Gasteiger charge is -2.52. The van der Waals surface area contributed by atoms with Gasteiger partial charge in [-0.1, -0.05) is 39.3 Å². The van der Waals surface area contributed by atoms with Crippen LogP contribution in [0, 0.1) is 28.6 Å². The minimum atomic E-state index is -3.57. The van der Waals surface area contributed by atoms with Crippen molar-refractivity contribution in [3.63, 3.8) is 0 Å². The van der Waals surface area contributed by atoms with Crippen molar-refractivity contribution in [1.29, 1.82) is 0 Å². The van der Waals surface area contributed by atoms with Crippen molar-refractivity contribution in [2.75, 3.05) is 39.0 Å². The second-order valence-corrected chi connectivity index (χ2v) is 23.3. The summed E-state index contributed by atoms with van der Waals surface area (Å²) in [6.07, 6.45) is 10.5. The van der Waals surface area contributed by atoms with Crippen LogP contribution in [0.25, 0.3) is 0 Å². The van der Waals surface area contributed by atoms with Crippen molar-refractivity contribution in [2.24, 2.45) is 28.6 Å². The van der Waals surface area contributed by atoms with Crippen LogP contribution in [0.15, 0.2) is 12.1 Å². The number of ether oxygens (including phenoxy) is 2. The Balaban J connectivity index is 1.16. The quantitative estimate of drug-likeness (QED) is 0.137. The summed E-state index contributed by atoms with van der Waals surface area (Å²) in [7, 11) is 4.54. The topological polar surface area (TPSA) is 82.1 Å². The number of methoxy groups -OCH3 is 1. The molecule has 0 radical (unpaired) electrons. The highest BCUT2D eigenvalue weighted by molar-refractivity contribution is 7.92. The van der Waals surface area contributed by atoms with Crippen LogP contribution in [0.4, 0.5) is 18.0 Å². The summed E-state index contributed by atoms with van der Waals surface area (Å²) >= 11 is -1.34. The van der Waals surface area contributed by atoms with Gasteiger partial charge in [-0.15, -0.1) is 0 Å². The summed E-state index contributed by atoms with van der Waals surface area (Å²) in [6, 6.07) is 4.69. The number of fused-ring (bicyclic) bond motifs is 5. The van der Waals surface area contributed by atoms with E-state index in [4.69, 9.17) is 9.47 Å². The normalized spacial score (nSPS) is 29.4. The van der Waals surface area contributed by atoms with Gasteiger partial charge in [0.2, 0.25) is 0 Å². The first-order valence-corrected chi connectivity index (χ1v) is 23.6. The molecule has 4 fully saturated rings. The van der Waals surface area contributed by atoms with Crippen molar-refractivity contribution in [1.82, 2.24) is 9.80 Å². The van der Waals surface area contributed by atoms with Gasteiger partial charge in [-0.2, -0.15) is 8.78 Å². The van der Waals surface area contributed by atoms with Crippen LogP contribution in [0.1, 0.15) is 135 Å². The van der Waals surface area contributed by atoms with E-state index in [1.54, 1.807) is 16.3 Å². The van der Waals surface area contributed by atoms with E-state index in [0.717, 1.165) is 64.5 Å². The third kappa shape index (κ3) is 9.43. The predicted molar refractivity (Wildman–Crippen MR) is 225 cm³/mol. The van der Waals surface area contributed by atoms with Gasteiger partial charge in [0.1, 0.15) is 16.3 Å². The van der Waals surface area contributed by atoms with Crippen molar-refractivity contribution in [3.05, 3.63) is 23.3 Å². The first kappa shape index (κ1) is 44.4. The van der Waals surface area contributed by atoms with Crippen LogP contribution >= 0.6 is 18.5 Å². The van der Waals surface area contributed by atoms with Gasteiger partial charge in [-0.3, -0.25) is 4.79 Å². The Morgan fingerprint density at radius 3 is 2.32 bits per heavy atom. The minimum absolute atomic E-state index is 0.100. The lowest BCUT2D eigenvalue weighted by Crippen LogP contribution is -2.47. The maximum atomic E-state index is 14.5. The molecule has 7 nitrogen and oxygen atoms in total. The number of ketones is 1. The summed E-state index contributed by atoms with van der Waals surface area (Å²) in [5, 5.41) is -2.75. The summed E-state index contributed by atoms with van der Waals surface area (Å²) in [6.45, 7) is 14.2. The largest absolute Gasteiger partial charge is 0.616 e. The Hall–Kier alpha value is -1.12. The number of alkyl halides is 3. The molecular formula is C43H67F3N2O5P2S. The molecule has 2 saturated carbocycles. The van der Waals surface area contributed by atoms with E-state index in [0.29, 0.717) is 67.0 Å². The molecule has 0 spiro atoms. The van der Waals surface area contributed by atoms with Gasteiger partial charge in [-0.05, 0) is 168 Å². The molecule has 1 aromatic rings. The summed E-state index contributed by atoms with van der Waals surface area (Å²) in [5.74, 6) is 2.82. The highest BCUT2D eigenvalue weighted by atomic mass is 32.2. The van der Waals surface area contributed by atoms with E-state index in [1.807, 2.05) is 24.8 Å². The van der Waals surface area contributed by atoms with E-state index < -0.39 is 33.4 Å². The molecule has 5 aliphatic rings. The number of hydrogen-bond acceptors (Lipinski definition) is 6. The predicted octanol–water partition coefficient (Wildman–Crippen LogP) is 9.92. The lowest BCUT2D eigenvalue weighted by molar-refractivity contribution is -0.130. The fraction of sp³-hybridized carbons (Fsp3) is 0.814. The third-order valence-electron chi connectivity index (χ3n) is 14.6. The van der Waals surface area contributed by atoms with Crippen LogP contribution in [0.3, 0.4) is 0 Å². The maximum absolute atomic E-state index is 14.5. The number of nitrogens with zero attached hydrogens (tertiary/aromatic N) is 2. The number of carbonyl (C=O) groups excluding carboxylic acids is 2. The van der Waals surface area contributed by atoms with Crippen molar-refractivity contribution in [3.8, 4) is 11.5 Å². The van der Waals surface area contributed by atoms with Gasteiger partial charge in [0.05, 0.1) is 7.11 Å². The van der Waals surface area contributed by atoms with Crippen LogP contribution in [-0.4, -0.2) is 87.1 Å². The minimum Gasteiger partial charge on any atom is -0.616 e. The standard InChI is InChI=1S/C43H67F3N2O5P2S/c1-39(2,27-40(3,4)56(51)23-9-16-42(44,54)43(45,46)55)17-12-28-24-29-25-35(53-38(50)48-21-14-30(15-22-48)47-19-7-8-20-47)34(52-6)26-32(29)31-13-18-41(5)33(37(28)31)10-11-36(41)49/h25-26,28,30-31,33,37H,7-24,27,54-55H2,1-6H3/t28-,31-,33+,37-,41+,42?,56?/m1/s1. The molecule has 9 atom stereocenters. The van der Waals surface area contributed by atoms with Gasteiger partial charge >= 0.3 is 6.09 Å². The molecule has 1 aromatic carbocycles. The van der Waals surface area contributed by atoms with E-state index >= 15 is 0 Å². The molecule has 4 unspecified atom stereocenters. The van der Waals surface area contributed by atoms with Crippen molar-refractivity contribution < 1.29 is 36.8 Å². The second kappa shape index (κ2) is 17.1. The van der Waals surface area contributed by atoms with Gasteiger partial charge in [-0.25, -0.2) is 9.18 Å². The third-order valence-corrected chi connectivity index (χ3v) is 18.1. The molecule has 0 aromatic heterocycles. The van der Waals surface area contributed by atoms with Crippen molar-refractivity contribution >= 4 is 41.5 Å². The van der Waals surface area contributed by atoms with Crippen LogP contribution in [-0.2, 0) is 22.4 Å². The van der Waals surface area contributed by atoms with Crippen LogP contribution in [0.5, 0.6) is 11.5 Å². The van der Waals surface area contributed by atoms with Crippen molar-refractivity contribution in [2.45, 2.75) is 152 Å². The average molecular weight is 843 g/mol. The highest BCUT2D eigenvalue weighted by Crippen LogP contribution is 2.62. The zero-order valence-corrected chi connectivity index (χ0v) is 37.7. The van der Waals surface area contributed by atoms with Gasteiger partial charge in [0, 0.05) is 37.4 Å². The molecular weight excluding hydrogens is 775 g/mol. The number of Topliss-reactive ketones (excluding diaryl/α,β-unsaturated/α-hetero) is 1. The Morgan fingerprint density at radius 1 is 1.00 bits per heavy atom. The zero-order valence-electron chi connectivity index (χ0n) is 34.6. The molecule has 2 aliphatic heterocycles. The molecule has 0 N–H and O–H groups in total. The lowest BCUT2D eigenvalue weighted by atomic mass is 9.52. The average Bonchev–Trinajstić information content (AvgIpc) is 3.77.